The number of rotatable bonds is 5. The fourth-order valence-corrected chi connectivity index (χ4v) is 2.27. The number of nitrogens with zero attached hydrogens (tertiary/aromatic N) is 4. The molecule has 7 nitrogen and oxygen atoms in total. The number of benzene rings is 1. The van der Waals surface area contributed by atoms with Gasteiger partial charge in [0.2, 0.25) is 16.9 Å². The van der Waals surface area contributed by atoms with Gasteiger partial charge in [0, 0.05) is 17.4 Å². The number of thiazole rings is 1. The molecule has 1 aromatic carbocycles. The average molecular weight is 314 g/mol. The first-order chi connectivity index (χ1) is 10.7. The summed E-state index contributed by atoms with van der Waals surface area (Å²) in [5, 5.41) is 14.5. The van der Waals surface area contributed by atoms with Gasteiger partial charge >= 0.3 is 0 Å². The highest BCUT2D eigenvalue weighted by molar-refractivity contribution is 7.14. The van der Waals surface area contributed by atoms with Gasteiger partial charge in [-0.15, -0.1) is 21.5 Å². The van der Waals surface area contributed by atoms with Gasteiger partial charge in [-0.3, -0.25) is 5.43 Å². The number of nitrogens with two attached hydrogens (primary N) is 1. The van der Waals surface area contributed by atoms with Crippen molar-refractivity contribution in [2.45, 2.75) is 13.3 Å². The monoisotopic (exact) mass is 314 g/mol. The van der Waals surface area contributed by atoms with E-state index in [0.29, 0.717) is 22.7 Å². The Balaban J connectivity index is 1.66. The molecule has 0 spiro atoms. The van der Waals surface area contributed by atoms with Crippen LogP contribution in [0.15, 0.2) is 39.2 Å². The lowest BCUT2D eigenvalue weighted by Gasteiger charge is -1.97. The van der Waals surface area contributed by atoms with Gasteiger partial charge in [0.05, 0.1) is 6.21 Å². The summed E-state index contributed by atoms with van der Waals surface area (Å²) in [4.78, 5) is 4.05. The van der Waals surface area contributed by atoms with Gasteiger partial charge in [-0.05, 0) is 17.7 Å². The third-order valence-corrected chi connectivity index (χ3v) is 3.59. The number of nitrogen functional groups attached to an aromatic ring is 1. The Labute approximate surface area is 130 Å². The first-order valence-electron chi connectivity index (χ1n) is 6.67. The third kappa shape index (κ3) is 3.29. The van der Waals surface area contributed by atoms with E-state index in [-0.39, 0.29) is 0 Å². The quantitative estimate of drug-likeness (QED) is 0.554. The maximum absolute atomic E-state index is 5.53. The normalized spacial score (nSPS) is 11.1. The van der Waals surface area contributed by atoms with Gasteiger partial charge in [-0.1, -0.05) is 19.1 Å². The van der Waals surface area contributed by atoms with E-state index in [1.165, 1.54) is 11.3 Å². The molecule has 0 saturated carbocycles. The molecule has 2 aromatic heterocycles. The van der Waals surface area contributed by atoms with Crippen LogP contribution in [0.3, 0.4) is 0 Å². The lowest BCUT2D eigenvalue weighted by Crippen LogP contribution is -1.91. The Kier molecular flexibility index (Phi) is 4.10. The number of hydrazone groups is 1. The highest BCUT2D eigenvalue weighted by Gasteiger charge is 2.06. The summed E-state index contributed by atoms with van der Waals surface area (Å²) < 4.78 is 5.51. The van der Waals surface area contributed by atoms with E-state index in [2.05, 4.69) is 25.7 Å². The maximum atomic E-state index is 5.53. The van der Waals surface area contributed by atoms with Crippen LogP contribution in [0.25, 0.3) is 11.5 Å². The zero-order valence-electron chi connectivity index (χ0n) is 11.9. The minimum atomic E-state index is 0.484. The van der Waals surface area contributed by atoms with Crippen LogP contribution in [0.2, 0.25) is 0 Å². The molecule has 0 aliphatic carbocycles. The van der Waals surface area contributed by atoms with Crippen molar-refractivity contribution in [1.29, 1.82) is 0 Å². The lowest BCUT2D eigenvalue weighted by molar-refractivity contribution is 0.513. The second kappa shape index (κ2) is 6.35. The Bertz CT molecular complexity index is 777. The number of anilines is 2. The van der Waals surface area contributed by atoms with Crippen LogP contribution in [0.4, 0.5) is 10.9 Å². The van der Waals surface area contributed by atoms with E-state index < -0.39 is 0 Å². The van der Waals surface area contributed by atoms with Crippen LogP contribution >= 0.6 is 11.3 Å². The van der Waals surface area contributed by atoms with Crippen LogP contribution in [0, 0.1) is 0 Å². The van der Waals surface area contributed by atoms with Crippen molar-refractivity contribution >= 4 is 28.5 Å². The Morgan fingerprint density at radius 3 is 2.77 bits per heavy atom. The van der Waals surface area contributed by atoms with E-state index in [1.54, 1.807) is 11.6 Å². The summed E-state index contributed by atoms with van der Waals surface area (Å²) in [6.45, 7) is 1.97. The molecule has 3 rings (SSSR count). The Morgan fingerprint density at radius 2 is 2.14 bits per heavy atom. The van der Waals surface area contributed by atoms with Gasteiger partial charge in [0.1, 0.15) is 5.82 Å². The van der Waals surface area contributed by atoms with E-state index in [4.69, 9.17) is 10.2 Å². The van der Waals surface area contributed by atoms with Gasteiger partial charge in [0.15, 0.2) is 0 Å². The van der Waals surface area contributed by atoms with E-state index in [1.807, 2.05) is 31.2 Å². The van der Waals surface area contributed by atoms with Crippen molar-refractivity contribution in [3.05, 3.63) is 41.1 Å². The van der Waals surface area contributed by atoms with Crippen LogP contribution in [-0.2, 0) is 6.42 Å². The summed E-state index contributed by atoms with van der Waals surface area (Å²) in [6.07, 6.45) is 2.43. The first-order valence-corrected chi connectivity index (χ1v) is 7.55. The fraction of sp³-hybridized carbons (Fsp3) is 0.143. The first kappa shape index (κ1) is 14.2. The summed E-state index contributed by atoms with van der Waals surface area (Å²) in [6, 6.07) is 7.67. The molecule has 0 bridgehead atoms. The SMILES string of the molecule is CCc1nnc(-c2ccc(C=NNc3nc(N)cs3)cc2)o1. The summed E-state index contributed by atoms with van der Waals surface area (Å²) in [7, 11) is 0. The van der Waals surface area contributed by atoms with E-state index >= 15 is 0 Å². The summed E-state index contributed by atoms with van der Waals surface area (Å²) >= 11 is 1.40. The minimum absolute atomic E-state index is 0.484. The zero-order chi connectivity index (χ0) is 15.4. The van der Waals surface area contributed by atoms with Crippen molar-refractivity contribution in [3.8, 4) is 11.5 Å². The number of hydrogen-bond acceptors (Lipinski definition) is 8. The molecular weight excluding hydrogens is 300 g/mol. The Hall–Kier alpha value is -2.74. The van der Waals surface area contributed by atoms with Crippen LogP contribution < -0.4 is 11.2 Å². The summed E-state index contributed by atoms with van der Waals surface area (Å²) in [5.41, 5.74) is 10.2. The summed E-state index contributed by atoms with van der Waals surface area (Å²) in [5.74, 6) is 1.64. The van der Waals surface area contributed by atoms with Crippen molar-refractivity contribution in [3.63, 3.8) is 0 Å². The van der Waals surface area contributed by atoms with Crippen LogP contribution in [0.5, 0.6) is 0 Å². The molecule has 0 aliphatic rings. The van der Waals surface area contributed by atoms with Gasteiger partial charge in [-0.2, -0.15) is 5.10 Å². The molecule has 3 N–H and O–H groups in total. The van der Waals surface area contributed by atoms with Gasteiger partial charge in [0.25, 0.3) is 0 Å². The average Bonchev–Trinajstić information content (AvgIpc) is 3.17. The lowest BCUT2D eigenvalue weighted by atomic mass is 10.1. The van der Waals surface area contributed by atoms with Gasteiger partial charge < -0.3 is 10.2 Å². The topological polar surface area (TPSA) is 102 Å². The zero-order valence-corrected chi connectivity index (χ0v) is 12.7. The molecule has 0 saturated heterocycles. The van der Waals surface area contributed by atoms with Crippen LogP contribution in [-0.4, -0.2) is 21.4 Å². The fourth-order valence-electron chi connectivity index (χ4n) is 1.72. The van der Waals surface area contributed by atoms with Crippen molar-refractivity contribution in [2.24, 2.45) is 5.10 Å². The predicted octanol–water partition coefficient (Wildman–Crippen LogP) is 2.78. The number of nitrogens with one attached hydrogen (secondary N) is 1. The minimum Gasteiger partial charge on any atom is -0.421 e. The molecule has 0 atom stereocenters. The standard InChI is InChI=1S/C14H14N6OS/c1-2-12-18-19-13(21-12)10-5-3-9(4-6-10)7-16-20-14-17-11(15)8-22-14/h3-8H,2,15H2,1H3,(H,17,20). The Morgan fingerprint density at radius 1 is 1.32 bits per heavy atom. The molecule has 8 heteroatoms. The van der Waals surface area contributed by atoms with E-state index in [0.717, 1.165) is 17.5 Å². The molecule has 0 fully saturated rings. The molecule has 0 radical (unpaired) electrons. The largest absolute Gasteiger partial charge is 0.421 e. The molecule has 0 aliphatic heterocycles. The van der Waals surface area contributed by atoms with Crippen molar-refractivity contribution in [1.82, 2.24) is 15.2 Å². The molecule has 22 heavy (non-hydrogen) atoms. The van der Waals surface area contributed by atoms with Crippen molar-refractivity contribution < 1.29 is 4.42 Å². The van der Waals surface area contributed by atoms with Gasteiger partial charge in [-0.25, -0.2) is 4.98 Å². The molecule has 112 valence electrons. The molecule has 2 heterocycles. The molecular formula is C14H14N6OS. The molecule has 3 aromatic rings. The second-order valence-electron chi connectivity index (χ2n) is 4.42. The second-order valence-corrected chi connectivity index (χ2v) is 5.28. The van der Waals surface area contributed by atoms with E-state index in [9.17, 15) is 0 Å². The number of aromatic nitrogens is 3. The number of hydrogen-bond donors (Lipinski definition) is 2. The molecule has 0 amide bonds. The smallest absolute Gasteiger partial charge is 0.247 e. The highest BCUT2D eigenvalue weighted by Crippen LogP contribution is 2.18. The molecule has 0 unspecified atom stereocenters. The van der Waals surface area contributed by atoms with Crippen molar-refractivity contribution in [2.75, 3.05) is 11.2 Å². The number of aryl methyl sites for hydroxylation is 1. The predicted molar refractivity (Wildman–Crippen MR) is 86.9 cm³/mol. The third-order valence-electron chi connectivity index (χ3n) is 2.82. The highest BCUT2D eigenvalue weighted by atomic mass is 32.1. The van der Waals surface area contributed by atoms with Crippen LogP contribution in [0.1, 0.15) is 18.4 Å². The maximum Gasteiger partial charge on any atom is 0.247 e.